The van der Waals surface area contributed by atoms with Crippen molar-refractivity contribution in [1.29, 1.82) is 0 Å². The Balaban J connectivity index is 2.38. The van der Waals surface area contributed by atoms with Gasteiger partial charge in [0.25, 0.3) is 0 Å². The molecule has 0 aliphatic rings. The summed E-state index contributed by atoms with van der Waals surface area (Å²) in [5, 5.41) is 11.4. The van der Waals surface area contributed by atoms with Gasteiger partial charge in [-0.05, 0) is 41.8 Å². The Bertz CT molecular complexity index is 615. The lowest BCUT2D eigenvalue weighted by Gasteiger charge is -2.24. The summed E-state index contributed by atoms with van der Waals surface area (Å²) in [6.07, 6.45) is -0.708. The molecule has 0 heterocycles. The van der Waals surface area contributed by atoms with E-state index in [0.29, 0.717) is 11.6 Å². The number of nitrogens with two attached hydrogens (primary N) is 1. The predicted octanol–water partition coefficient (Wildman–Crippen LogP) is 3.43. The van der Waals surface area contributed by atoms with Gasteiger partial charge >= 0.3 is 0 Å². The van der Waals surface area contributed by atoms with Crippen LogP contribution in [0, 0.1) is 6.92 Å². The van der Waals surface area contributed by atoms with Gasteiger partial charge < -0.3 is 15.6 Å². The molecule has 0 fully saturated rings. The molecule has 3 N–H and O–H groups in total. The summed E-state index contributed by atoms with van der Waals surface area (Å²) in [7, 11) is 1.62. The zero-order valence-corrected chi connectivity index (χ0v) is 13.0. The lowest BCUT2D eigenvalue weighted by Crippen LogP contribution is -2.21. The molecule has 112 valence electrons. The van der Waals surface area contributed by atoms with Gasteiger partial charge in [0.15, 0.2) is 0 Å². The largest absolute Gasteiger partial charge is 0.497 e. The average Bonchev–Trinajstić information content (AvgIpc) is 2.51. The fourth-order valence-corrected chi connectivity index (χ4v) is 2.66. The van der Waals surface area contributed by atoms with E-state index >= 15 is 0 Å². The van der Waals surface area contributed by atoms with Gasteiger partial charge in [-0.1, -0.05) is 35.9 Å². The van der Waals surface area contributed by atoms with Crippen molar-refractivity contribution >= 4 is 11.6 Å². The molecule has 2 aromatic rings. The maximum Gasteiger partial charge on any atom is 0.119 e. The van der Waals surface area contributed by atoms with Crippen molar-refractivity contribution in [2.24, 2.45) is 5.73 Å². The van der Waals surface area contributed by atoms with E-state index in [2.05, 4.69) is 0 Å². The molecule has 0 saturated carbocycles. The molecule has 4 heteroatoms. The minimum atomic E-state index is -0.708. The standard InChI is InChI=1S/C17H20ClNO2/c1-11-14(7-4-8-16(11)18)17(20)15(10-19)12-5-3-6-13(9-12)21-2/h3-9,15,17,20H,10,19H2,1-2H3. The van der Waals surface area contributed by atoms with Crippen LogP contribution in [-0.4, -0.2) is 18.8 Å². The SMILES string of the molecule is COc1cccc(C(CN)C(O)c2cccc(Cl)c2C)c1. The third kappa shape index (κ3) is 3.38. The van der Waals surface area contributed by atoms with Crippen LogP contribution in [0.15, 0.2) is 42.5 Å². The number of aliphatic hydroxyl groups is 1. The molecule has 2 rings (SSSR count). The predicted molar refractivity (Wildman–Crippen MR) is 85.9 cm³/mol. The van der Waals surface area contributed by atoms with Crippen LogP contribution in [-0.2, 0) is 0 Å². The molecule has 0 bridgehead atoms. The van der Waals surface area contributed by atoms with Crippen molar-refractivity contribution in [3.05, 3.63) is 64.2 Å². The molecule has 2 atom stereocenters. The molecular weight excluding hydrogens is 286 g/mol. The second kappa shape index (κ2) is 6.94. The number of hydrogen-bond donors (Lipinski definition) is 2. The van der Waals surface area contributed by atoms with Crippen LogP contribution in [0.1, 0.15) is 28.7 Å². The average molecular weight is 306 g/mol. The van der Waals surface area contributed by atoms with Gasteiger partial charge in [0.1, 0.15) is 5.75 Å². The first-order chi connectivity index (χ1) is 10.1. The highest BCUT2D eigenvalue weighted by atomic mass is 35.5. The van der Waals surface area contributed by atoms with E-state index in [9.17, 15) is 5.11 Å². The Morgan fingerprint density at radius 2 is 1.95 bits per heavy atom. The van der Waals surface area contributed by atoms with E-state index in [1.54, 1.807) is 7.11 Å². The van der Waals surface area contributed by atoms with Gasteiger partial charge in [-0.15, -0.1) is 0 Å². The van der Waals surface area contributed by atoms with Crippen molar-refractivity contribution in [3.8, 4) is 5.75 Å². The normalized spacial score (nSPS) is 13.8. The topological polar surface area (TPSA) is 55.5 Å². The lowest BCUT2D eigenvalue weighted by molar-refractivity contribution is 0.146. The molecule has 0 spiro atoms. The molecule has 3 nitrogen and oxygen atoms in total. The Hall–Kier alpha value is -1.55. The number of methoxy groups -OCH3 is 1. The summed E-state index contributed by atoms with van der Waals surface area (Å²) in [6, 6.07) is 13.2. The number of aliphatic hydroxyl groups excluding tert-OH is 1. The van der Waals surface area contributed by atoms with Crippen molar-refractivity contribution in [3.63, 3.8) is 0 Å². The van der Waals surface area contributed by atoms with E-state index in [1.165, 1.54) is 0 Å². The second-order valence-corrected chi connectivity index (χ2v) is 5.42. The van der Waals surface area contributed by atoms with Crippen LogP contribution in [0.3, 0.4) is 0 Å². The van der Waals surface area contributed by atoms with E-state index in [0.717, 1.165) is 22.4 Å². The number of rotatable bonds is 5. The van der Waals surface area contributed by atoms with E-state index in [4.69, 9.17) is 22.1 Å². The minimum Gasteiger partial charge on any atom is -0.497 e. The maximum atomic E-state index is 10.7. The summed E-state index contributed by atoms with van der Waals surface area (Å²) in [5.41, 5.74) is 8.53. The van der Waals surface area contributed by atoms with E-state index < -0.39 is 6.10 Å². The first kappa shape index (κ1) is 15.8. The number of benzene rings is 2. The molecule has 0 radical (unpaired) electrons. The van der Waals surface area contributed by atoms with Gasteiger partial charge in [0.05, 0.1) is 13.2 Å². The Kier molecular flexibility index (Phi) is 5.23. The van der Waals surface area contributed by atoms with Crippen molar-refractivity contribution < 1.29 is 9.84 Å². The summed E-state index contributed by atoms with van der Waals surface area (Å²) in [4.78, 5) is 0. The quantitative estimate of drug-likeness (QED) is 0.890. The maximum absolute atomic E-state index is 10.7. The molecule has 0 amide bonds. The molecule has 0 aliphatic carbocycles. The van der Waals surface area contributed by atoms with Crippen molar-refractivity contribution in [2.75, 3.05) is 13.7 Å². The molecule has 2 unspecified atom stereocenters. The smallest absolute Gasteiger partial charge is 0.119 e. The van der Waals surface area contributed by atoms with Gasteiger partial charge in [-0.25, -0.2) is 0 Å². The van der Waals surface area contributed by atoms with Crippen LogP contribution in [0.2, 0.25) is 5.02 Å². The summed E-state index contributed by atoms with van der Waals surface area (Å²) in [6.45, 7) is 2.24. The van der Waals surface area contributed by atoms with Gasteiger partial charge in [0, 0.05) is 17.5 Å². The highest BCUT2D eigenvalue weighted by molar-refractivity contribution is 6.31. The van der Waals surface area contributed by atoms with Crippen LogP contribution < -0.4 is 10.5 Å². The minimum absolute atomic E-state index is 0.211. The monoisotopic (exact) mass is 305 g/mol. The third-order valence-corrected chi connectivity index (χ3v) is 4.19. The second-order valence-electron chi connectivity index (χ2n) is 5.02. The van der Waals surface area contributed by atoms with Crippen molar-refractivity contribution in [1.82, 2.24) is 0 Å². The highest BCUT2D eigenvalue weighted by Gasteiger charge is 2.23. The Labute approximate surface area is 130 Å². The van der Waals surface area contributed by atoms with Crippen LogP contribution >= 0.6 is 11.6 Å². The Morgan fingerprint density at radius 1 is 1.24 bits per heavy atom. The number of hydrogen-bond acceptors (Lipinski definition) is 3. The molecule has 0 saturated heterocycles. The number of halogens is 1. The van der Waals surface area contributed by atoms with Crippen LogP contribution in [0.4, 0.5) is 0 Å². The van der Waals surface area contributed by atoms with Gasteiger partial charge in [-0.2, -0.15) is 0 Å². The molecule has 0 aliphatic heterocycles. The van der Waals surface area contributed by atoms with Gasteiger partial charge in [0.2, 0.25) is 0 Å². The Morgan fingerprint density at radius 3 is 2.62 bits per heavy atom. The highest BCUT2D eigenvalue weighted by Crippen LogP contribution is 2.34. The van der Waals surface area contributed by atoms with E-state index in [1.807, 2.05) is 49.4 Å². The summed E-state index contributed by atoms with van der Waals surface area (Å²) < 4.78 is 5.23. The fourth-order valence-electron chi connectivity index (χ4n) is 2.48. The molecule has 0 aromatic heterocycles. The molecule has 21 heavy (non-hydrogen) atoms. The fraction of sp³-hybridized carbons (Fsp3) is 0.294. The zero-order chi connectivity index (χ0) is 15.4. The molecular formula is C17H20ClNO2. The third-order valence-electron chi connectivity index (χ3n) is 3.79. The zero-order valence-electron chi connectivity index (χ0n) is 12.2. The number of ether oxygens (including phenoxy) is 1. The van der Waals surface area contributed by atoms with Gasteiger partial charge in [-0.3, -0.25) is 0 Å². The van der Waals surface area contributed by atoms with Crippen LogP contribution in [0.5, 0.6) is 5.75 Å². The van der Waals surface area contributed by atoms with E-state index in [-0.39, 0.29) is 5.92 Å². The summed E-state index contributed by atoms with van der Waals surface area (Å²) in [5.74, 6) is 0.540. The van der Waals surface area contributed by atoms with Crippen LogP contribution in [0.25, 0.3) is 0 Å². The molecule has 2 aromatic carbocycles. The lowest BCUT2D eigenvalue weighted by atomic mass is 9.87. The van der Waals surface area contributed by atoms with Crippen molar-refractivity contribution in [2.45, 2.75) is 18.9 Å². The summed E-state index contributed by atoms with van der Waals surface area (Å²) >= 11 is 6.14. The first-order valence-corrected chi connectivity index (χ1v) is 7.23. The first-order valence-electron chi connectivity index (χ1n) is 6.85.